The van der Waals surface area contributed by atoms with E-state index in [1.165, 1.54) is 0 Å². The summed E-state index contributed by atoms with van der Waals surface area (Å²) in [5.41, 5.74) is -0.116. The van der Waals surface area contributed by atoms with Gasteiger partial charge in [-0.15, -0.1) is 0 Å². The van der Waals surface area contributed by atoms with E-state index in [0.717, 1.165) is 0 Å². The molecule has 0 saturated carbocycles. The lowest BCUT2D eigenvalue weighted by molar-refractivity contribution is -0.120. The summed E-state index contributed by atoms with van der Waals surface area (Å²) in [7, 11) is 1.61. The van der Waals surface area contributed by atoms with Crippen LogP contribution in [-0.4, -0.2) is 23.1 Å². The van der Waals surface area contributed by atoms with E-state index in [-0.39, 0.29) is 11.3 Å². The SMILES string of the molecule is CNC(=O)CCc1nc(C(C)(C)C)no1. The quantitative estimate of drug-likeness (QED) is 0.811. The molecule has 1 amide bonds. The van der Waals surface area contributed by atoms with E-state index < -0.39 is 0 Å². The summed E-state index contributed by atoms with van der Waals surface area (Å²) >= 11 is 0. The highest BCUT2D eigenvalue weighted by Crippen LogP contribution is 2.18. The summed E-state index contributed by atoms with van der Waals surface area (Å²) in [6, 6.07) is 0. The van der Waals surface area contributed by atoms with Crippen LogP contribution in [0.1, 0.15) is 38.9 Å². The zero-order valence-corrected chi connectivity index (χ0v) is 9.63. The second-order valence-electron chi connectivity index (χ2n) is 4.43. The molecule has 15 heavy (non-hydrogen) atoms. The summed E-state index contributed by atoms with van der Waals surface area (Å²) in [5, 5.41) is 6.42. The molecule has 1 N–H and O–H groups in total. The van der Waals surface area contributed by atoms with Crippen molar-refractivity contribution in [2.75, 3.05) is 7.05 Å². The molecule has 0 unspecified atom stereocenters. The number of hydrogen-bond acceptors (Lipinski definition) is 4. The number of carbonyl (C=O) groups excluding carboxylic acids is 1. The first kappa shape index (κ1) is 11.7. The summed E-state index contributed by atoms with van der Waals surface area (Å²) in [6.07, 6.45) is 0.866. The minimum absolute atomic E-state index is 0.0227. The minimum atomic E-state index is -0.116. The third-order valence-corrected chi connectivity index (χ3v) is 1.98. The van der Waals surface area contributed by atoms with Gasteiger partial charge in [-0.25, -0.2) is 0 Å². The number of aryl methyl sites for hydroxylation is 1. The molecule has 0 aliphatic carbocycles. The Morgan fingerprint density at radius 2 is 2.13 bits per heavy atom. The van der Waals surface area contributed by atoms with Gasteiger partial charge in [-0.3, -0.25) is 4.79 Å². The number of amides is 1. The van der Waals surface area contributed by atoms with E-state index in [2.05, 4.69) is 15.5 Å². The van der Waals surface area contributed by atoms with Crippen molar-refractivity contribution in [3.63, 3.8) is 0 Å². The fourth-order valence-corrected chi connectivity index (χ4v) is 1.01. The van der Waals surface area contributed by atoms with Crippen molar-refractivity contribution in [2.45, 2.75) is 39.0 Å². The summed E-state index contributed by atoms with van der Waals surface area (Å²) < 4.78 is 5.04. The zero-order chi connectivity index (χ0) is 11.5. The standard InChI is InChI=1S/C10H17N3O2/c1-10(2,3)9-12-8(15-13-9)6-5-7(14)11-4/h5-6H2,1-4H3,(H,11,14). The maximum atomic E-state index is 11.0. The van der Waals surface area contributed by atoms with E-state index in [4.69, 9.17) is 4.52 Å². The van der Waals surface area contributed by atoms with Gasteiger partial charge in [-0.1, -0.05) is 25.9 Å². The largest absolute Gasteiger partial charge is 0.359 e. The predicted molar refractivity (Wildman–Crippen MR) is 55.4 cm³/mol. The van der Waals surface area contributed by atoms with Crippen LogP contribution in [0.25, 0.3) is 0 Å². The summed E-state index contributed by atoms with van der Waals surface area (Å²) in [4.78, 5) is 15.2. The van der Waals surface area contributed by atoms with E-state index in [9.17, 15) is 4.79 Å². The van der Waals surface area contributed by atoms with Gasteiger partial charge in [-0.05, 0) is 0 Å². The maximum Gasteiger partial charge on any atom is 0.227 e. The lowest BCUT2D eigenvalue weighted by Crippen LogP contribution is -2.18. The van der Waals surface area contributed by atoms with E-state index in [1.54, 1.807) is 7.05 Å². The molecule has 0 bridgehead atoms. The number of nitrogens with one attached hydrogen (secondary N) is 1. The molecule has 0 spiro atoms. The topological polar surface area (TPSA) is 68.0 Å². The van der Waals surface area contributed by atoms with E-state index in [0.29, 0.717) is 24.6 Å². The zero-order valence-electron chi connectivity index (χ0n) is 9.63. The van der Waals surface area contributed by atoms with Crippen LogP contribution >= 0.6 is 0 Å². The Morgan fingerprint density at radius 1 is 1.47 bits per heavy atom. The highest BCUT2D eigenvalue weighted by atomic mass is 16.5. The van der Waals surface area contributed by atoms with E-state index in [1.807, 2.05) is 20.8 Å². The van der Waals surface area contributed by atoms with Gasteiger partial charge in [0, 0.05) is 25.3 Å². The molecule has 0 radical (unpaired) electrons. The van der Waals surface area contributed by atoms with Crippen molar-refractivity contribution in [3.8, 4) is 0 Å². The van der Waals surface area contributed by atoms with Crippen molar-refractivity contribution in [2.24, 2.45) is 0 Å². The Morgan fingerprint density at radius 3 is 2.60 bits per heavy atom. The second kappa shape index (κ2) is 4.42. The Bertz CT molecular complexity index is 339. The molecule has 1 rings (SSSR count). The Balaban J connectivity index is 2.58. The van der Waals surface area contributed by atoms with Gasteiger partial charge < -0.3 is 9.84 Å². The van der Waals surface area contributed by atoms with Gasteiger partial charge >= 0.3 is 0 Å². The molecule has 84 valence electrons. The number of nitrogens with zero attached hydrogens (tertiary/aromatic N) is 2. The van der Waals surface area contributed by atoms with E-state index >= 15 is 0 Å². The Labute approximate surface area is 89.2 Å². The predicted octanol–water partition coefficient (Wildman–Crippen LogP) is 1.05. The van der Waals surface area contributed by atoms with Crippen molar-refractivity contribution < 1.29 is 9.32 Å². The Kier molecular flexibility index (Phi) is 3.44. The molecule has 0 aromatic carbocycles. The normalized spacial score (nSPS) is 11.5. The number of carbonyl (C=O) groups is 1. The second-order valence-corrected chi connectivity index (χ2v) is 4.43. The van der Waals surface area contributed by atoms with Crippen LogP contribution in [0.15, 0.2) is 4.52 Å². The molecule has 0 aliphatic rings. The highest BCUT2D eigenvalue weighted by Gasteiger charge is 2.20. The number of rotatable bonds is 3. The average Bonchev–Trinajstić information content (AvgIpc) is 2.61. The van der Waals surface area contributed by atoms with Gasteiger partial charge in [0.25, 0.3) is 0 Å². The molecule has 1 aromatic heterocycles. The average molecular weight is 211 g/mol. The Hall–Kier alpha value is -1.39. The van der Waals surface area contributed by atoms with Gasteiger partial charge in [0.2, 0.25) is 11.8 Å². The van der Waals surface area contributed by atoms with Gasteiger partial charge in [0.05, 0.1) is 0 Å². The summed E-state index contributed by atoms with van der Waals surface area (Å²) in [5.74, 6) is 1.17. The lowest BCUT2D eigenvalue weighted by atomic mass is 9.96. The number of hydrogen-bond donors (Lipinski definition) is 1. The fourth-order valence-electron chi connectivity index (χ4n) is 1.01. The first-order valence-electron chi connectivity index (χ1n) is 4.97. The van der Waals surface area contributed by atoms with Crippen LogP contribution in [0.2, 0.25) is 0 Å². The van der Waals surface area contributed by atoms with Crippen LogP contribution in [-0.2, 0) is 16.6 Å². The van der Waals surface area contributed by atoms with Gasteiger partial charge in [0.1, 0.15) is 0 Å². The van der Waals surface area contributed by atoms with Crippen molar-refractivity contribution in [1.82, 2.24) is 15.5 Å². The third-order valence-electron chi connectivity index (χ3n) is 1.98. The molecule has 0 fully saturated rings. The van der Waals surface area contributed by atoms with Gasteiger partial charge in [-0.2, -0.15) is 4.98 Å². The smallest absolute Gasteiger partial charge is 0.227 e. The molecule has 5 nitrogen and oxygen atoms in total. The fraction of sp³-hybridized carbons (Fsp3) is 0.700. The summed E-state index contributed by atoms with van der Waals surface area (Å²) in [6.45, 7) is 6.04. The molecule has 1 aromatic rings. The monoisotopic (exact) mass is 211 g/mol. The van der Waals surface area contributed by atoms with Crippen LogP contribution < -0.4 is 5.32 Å². The van der Waals surface area contributed by atoms with Crippen LogP contribution in [0.5, 0.6) is 0 Å². The highest BCUT2D eigenvalue weighted by molar-refractivity contribution is 5.75. The molecular formula is C10H17N3O2. The lowest BCUT2D eigenvalue weighted by Gasteiger charge is -2.10. The molecular weight excluding hydrogens is 194 g/mol. The molecule has 0 atom stereocenters. The van der Waals surface area contributed by atoms with Gasteiger partial charge in [0.15, 0.2) is 5.82 Å². The molecule has 0 aliphatic heterocycles. The van der Waals surface area contributed by atoms with Crippen LogP contribution in [0.3, 0.4) is 0 Å². The van der Waals surface area contributed by atoms with Crippen molar-refractivity contribution in [3.05, 3.63) is 11.7 Å². The van der Waals surface area contributed by atoms with Crippen molar-refractivity contribution >= 4 is 5.91 Å². The first-order chi connectivity index (χ1) is 6.93. The molecule has 1 heterocycles. The number of aromatic nitrogens is 2. The molecule has 5 heteroatoms. The minimum Gasteiger partial charge on any atom is -0.359 e. The molecule has 0 saturated heterocycles. The van der Waals surface area contributed by atoms with Crippen LogP contribution in [0.4, 0.5) is 0 Å². The maximum absolute atomic E-state index is 11.0. The van der Waals surface area contributed by atoms with Crippen LogP contribution in [0, 0.1) is 0 Å². The van der Waals surface area contributed by atoms with Crippen molar-refractivity contribution in [1.29, 1.82) is 0 Å². The first-order valence-corrected chi connectivity index (χ1v) is 4.97. The third kappa shape index (κ3) is 3.34.